The Labute approximate surface area is 132 Å². The van der Waals surface area contributed by atoms with Crippen molar-refractivity contribution in [1.82, 2.24) is 10.0 Å². The van der Waals surface area contributed by atoms with Crippen molar-refractivity contribution >= 4 is 27.3 Å². The van der Waals surface area contributed by atoms with E-state index in [1.165, 1.54) is 13.1 Å². The first kappa shape index (κ1) is 16.2. The van der Waals surface area contributed by atoms with Crippen LogP contribution in [0.2, 0.25) is 0 Å². The third-order valence-electron chi connectivity index (χ3n) is 2.87. The molecule has 0 saturated heterocycles. The fraction of sp³-hybridized carbons (Fsp3) is 0.143. The molecule has 114 valence electrons. The van der Waals surface area contributed by atoms with E-state index in [0.29, 0.717) is 11.1 Å². The summed E-state index contributed by atoms with van der Waals surface area (Å²) in [6.07, 6.45) is 0. The van der Waals surface area contributed by atoms with Crippen molar-refractivity contribution in [2.75, 3.05) is 7.05 Å². The molecule has 0 atom stereocenters. The van der Waals surface area contributed by atoms with Crippen molar-refractivity contribution in [3.05, 3.63) is 52.4 Å². The number of nitriles is 1. The number of thiophene rings is 1. The zero-order valence-corrected chi connectivity index (χ0v) is 13.3. The second-order valence-corrected chi connectivity index (χ2v) is 7.58. The molecule has 8 heteroatoms. The Hall–Kier alpha value is -2.21. The number of nitrogens with zero attached hydrogens (tertiary/aromatic N) is 1. The SMILES string of the molecule is CNS(=O)(=O)c1ccc(CNC(=O)c2ccc(C#N)cc2)s1. The normalized spacial score (nSPS) is 10.9. The Morgan fingerprint density at radius 1 is 1.23 bits per heavy atom. The van der Waals surface area contributed by atoms with Gasteiger partial charge in [-0.05, 0) is 43.4 Å². The molecule has 0 bridgehead atoms. The van der Waals surface area contributed by atoms with Crippen LogP contribution >= 0.6 is 11.3 Å². The van der Waals surface area contributed by atoms with Crippen molar-refractivity contribution in [3.63, 3.8) is 0 Å². The van der Waals surface area contributed by atoms with Crippen LogP contribution in [0.3, 0.4) is 0 Å². The van der Waals surface area contributed by atoms with Crippen molar-refractivity contribution in [2.24, 2.45) is 0 Å². The molecule has 0 spiro atoms. The lowest BCUT2D eigenvalue weighted by atomic mass is 10.1. The maximum Gasteiger partial charge on any atom is 0.251 e. The molecule has 0 saturated carbocycles. The van der Waals surface area contributed by atoms with Gasteiger partial charge in [0.15, 0.2) is 0 Å². The van der Waals surface area contributed by atoms with Crippen molar-refractivity contribution in [2.45, 2.75) is 10.8 Å². The third-order valence-corrected chi connectivity index (χ3v) is 5.86. The Kier molecular flexibility index (Phi) is 4.92. The zero-order chi connectivity index (χ0) is 16.2. The average Bonchev–Trinajstić information content (AvgIpc) is 3.02. The molecule has 1 aromatic carbocycles. The molecule has 0 radical (unpaired) electrons. The summed E-state index contributed by atoms with van der Waals surface area (Å²) in [6.45, 7) is 0.239. The summed E-state index contributed by atoms with van der Waals surface area (Å²) in [5, 5.41) is 11.4. The van der Waals surface area contributed by atoms with E-state index in [0.717, 1.165) is 16.2 Å². The van der Waals surface area contributed by atoms with Gasteiger partial charge in [0, 0.05) is 10.4 Å². The number of amides is 1. The smallest absolute Gasteiger partial charge is 0.251 e. The number of nitrogens with one attached hydrogen (secondary N) is 2. The summed E-state index contributed by atoms with van der Waals surface area (Å²) in [6, 6.07) is 11.4. The molecule has 0 aliphatic rings. The second kappa shape index (κ2) is 6.70. The number of sulfonamides is 1. The van der Waals surface area contributed by atoms with E-state index in [4.69, 9.17) is 5.26 Å². The molecule has 1 aromatic heterocycles. The molecule has 0 unspecified atom stereocenters. The highest BCUT2D eigenvalue weighted by atomic mass is 32.2. The van der Waals surface area contributed by atoms with Crippen molar-refractivity contribution in [3.8, 4) is 6.07 Å². The fourth-order valence-corrected chi connectivity index (χ4v) is 3.80. The number of carbonyl (C=O) groups is 1. The quantitative estimate of drug-likeness (QED) is 0.864. The molecule has 0 fully saturated rings. The fourth-order valence-electron chi connectivity index (χ4n) is 1.66. The van der Waals surface area contributed by atoms with E-state index in [1.54, 1.807) is 30.3 Å². The van der Waals surface area contributed by atoms with Crippen LogP contribution in [0.5, 0.6) is 0 Å². The number of rotatable bonds is 5. The first-order valence-electron chi connectivity index (χ1n) is 6.27. The van der Waals surface area contributed by atoms with E-state index >= 15 is 0 Å². The summed E-state index contributed by atoms with van der Waals surface area (Å²) < 4.78 is 25.7. The van der Waals surface area contributed by atoms with Gasteiger partial charge < -0.3 is 5.32 Å². The molecule has 6 nitrogen and oxygen atoms in total. The number of benzene rings is 1. The third kappa shape index (κ3) is 3.71. The van der Waals surface area contributed by atoms with Gasteiger partial charge in [-0.2, -0.15) is 5.26 Å². The minimum absolute atomic E-state index is 0.206. The van der Waals surface area contributed by atoms with Gasteiger partial charge in [-0.3, -0.25) is 4.79 Å². The van der Waals surface area contributed by atoms with Gasteiger partial charge in [-0.1, -0.05) is 0 Å². The maximum atomic E-state index is 12.0. The summed E-state index contributed by atoms with van der Waals surface area (Å²) in [5.41, 5.74) is 0.926. The van der Waals surface area contributed by atoms with Gasteiger partial charge in [0.05, 0.1) is 18.2 Å². The molecular weight excluding hydrogens is 322 g/mol. The van der Waals surface area contributed by atoms with E-state index in [9.17, 15) is 13.2 Å². The number of carbonyl (C=O) groups excluding carboxylic acids is 1. The molecule has 0 aliphatic carbocycles. The standard InChI is InChI=1S/C14H13N3O3S2/c1-16-22(19,20)13-7-6-12(21-13)9-17-14(18)11-4-2-10(8-15)3-5-11/h2-7,16H,9H2,1H3,(H,17,18). The summed E-state index contributed by atoms with van der Waals surface area (Å²) in [7, 11) is -2.10. The molecule has 1 heterocycles. The molecule has 2 rings (SSSR count). The van der Waals surface area contributed by atoms with Gasteiger partial charge in [0.1, 0.15) is 4.21 Å². The number of hydrogen-bond acceptors (Lipinski definition) is 5. The topological polar surface area (TPSA) is 99.1 Å². The van der Waals surface area contributed by atoms with Gasteiger partial charge in [-0.25, -0.2) is 13.1 Å². The summed E-state index contributed by atoms with van der Waals surface area (Å²) in [4.78, 5) is 12.7. The molecule has 1 amide bonds. The average molecular weight is 335 g/mol. The van der Waals surface area contributed by atoms with Crippen LogP contribution < -0.4 is 10.0 Å². The van der Waals surface area contributed by atoms with Crippen molar-refractivity contribution in [1.29, 1.82) is 5.26 Å². The van der Waals surface area contributed by atoms with E-state index in [1.807, 2.05) is 6.07 Å². The minimum Gasteiger partial charge on any atom is -0.347 e. The Morgan fingerprint density at radius 2 is 1.91 bits per heavy atom. The van der Waals surface area contributed by atoms with Crippen molar-refractivity contribution < 1.29 is 13.2 Å². The zero-order valence-electron chi connectivity index (χ0n) is 11.7. The van der Waals surface area contributed by atoms with Crippen LogP contribution in [0.25, 0.3) is 0 Å². The molecule has 22 heavy (non-hydrogen) atoms. The highest BCUT2D eigenvalue weighted by molar-refractivity contribution is 7.91. The molecule has 2 N–H and O–H groups in total. The number of hydrogen-bond donors (Lipinski definition) is 2. The lowest BCUT2D eigenvalue weighted by Crippen LogP contribution is -2.22. The molecule has 0 aliphatic heterocycles. The van der Waals surface area contributed by atoms with Crippen LogP contribution in [0.4, 0.5) is 0 Å². The Bertz CT molecular complexity index is 818. The Morgan fingerprint density at radius 3 is 2.50 bits per heavy atom. The Balaban J connectivity index is 2.01. The van der Waals surface area contributed by atoms with Gasteiger partial charge in [0.25, 0.3) is 5.91 Å². The first-order chi connectivity index (χ1) is 10.5. The lowest BCUT2D eigenvalue weighted by molar-refractivity contribution is 0.0951. The highest BCUT2D eigenvalue weighted by Crippen LogP contribution is 2.21. The summed E-state index contributed by atoms with van der Waals surface area (Å²) >= 11 is 1.10. The second-order valence-electron chi connectivity index (χ2n) is 4.30. The monoisotopic (exact) mass is 335 g/mol. The van der Waals surface area contributed by atoms with Crippen LogP contribution in [-0.4, -0.2) is 21.4 Å². The van der Waals surface area contributed by atoms with E-state index < -0.39 is 10.0 Å². The molecule has 2 aromatic rings. The lowest BCUT2D eigenvalue weighted by Gasteiger charge is -2.03. The van der Waals surface area contributed by atoms with Crippen LogP contribution in [0.1, 0.15) is 20.8 Å². The van der Waals surface area contributed by atoms with Gasteiger partial charge in [-0.15, -0.1) is 11.3 Å². The summed E-state index contributed by atoms with van der Waals surface area (Å²) in [5.74, 6) is -0.282. The highest BCUT2D eigenvalue weighted by Gasteiger charge is 2.14. The van der Waals surface area contributed by atoms with E-state index in [2.05, 4.69) is 10.0 Å². The molecular formula is C14H13N3O3S2. The van der Waals surface area contributed by atoms with Gasteiger partial charge >= 0.3 is 0 Å². The predicted octanol–water partition coefficient (Wildman–Crippen LogP) is 1.46. The van der Waals surface area contributed by atoms with Crippen LogP contribution in [-0.2, 0) is 16.6 Å². The van der Waals surface area contributed by atoms with Gasteiger partial charge in [0.2, 0.25) is 10.0 Å². The first-order valence-corrected chi connectivity index (χ1v) is 8.57. The predicted molar refractivity (Wildman–Crippen MR) is 82.9 cm³/mol. The maximum absolute atomic E-state index is 12.0. The van der Waals surface area contributed by atoms with Crippen LogP contribution in [0, 0.1) is 11.3 Å². The van der Waals surface area contributed by atoms with E-state index in [-0.39, 0.29) is 16.7 Å². The largest absolute Gasteiger partial charge is 0.347 e. The van der Waals surface area contributed by atoms with Crippen LogP contribution in [0.15, 0.2) is 40.6 Å². The minimum atomic E-state index is -3.45.